The molecule has 2 aromatic carbocycles. The number of phenols is 1. The van der Waals surface area contributed by atoms with Crippen LogP contribution in [-0.4, -0.2) is 16.7 Å². The number of hydrogen-bond donors (Lipinski definition) is 1. The molecule has 2 atom stereocenters. The van der Waals surface area contributed by atoms with E-state index in [0.717, 1.165) is 0 Å². The average molecular weight is 348 g/mol. The van der Waals surface area contributed by atoms with Gasteiger partial charge >= 0.3 is 0 Å². The molecule has 2 spiro atoms. The zero-order chi connectivity index (χ0) is 17.7. The standard InChI is InChI=1S/C20H12O6/c21-11-6-8-19-17-10(11)2-1-3-14(17)24-20(26-19)9-7-13(23)16-12(22)4-5-15(25-19)18(16)20/h1-6,8,22H,7,9H2/t19-,20-/m1/s1. The van der Waals surface area contributed by atoms with E-state index in [1.165, 1.54) is 12.1 Å². The van der Waals surface area contributed by atoms with Crippen molar-refractivity contribution in [1.29, 1.82) is 0 Å². The van der Waals surface area contributed by atoms with E-state index in [4.69, 9.17) is 14.2 Å². The van der Waals surface area contributed by atoms with Crippen LogP contribution < -0.4 is 9.47 Å². The number of allylic oxidation sites excluding steroid dienone is 1. The van der Waals surface area contributed by atoms with Crippen LogP contribution in [0.25, 0.3) is 0 Å². The molecule has 4 aliphatic rings. The van der Waals surface area contributed by atoms with E-state index in [9.17, 15) is 14.7 Å². The third-order valence-electron chi connectivity index (χ3n) is 5.43. The second kappa shape index (κ2) is 4.16. The highest BCUT2D eigenvalue weighted by Gasteiger charge is 2.61. The van der Waals surface area contributed by atoms with Gasteiger partial charge < -0.3 is 14.6 Å². The Bertz CT molecular complexity index is 1080. The molecule has 128 valence electrons. The molecule has 2 aliphatic heterocycles. The van der Waals surface area contributed by atoms with Crippen molar-refractivity contribution in [3.8, 4) is 17.2 Å². The van der Waals surface area contributed by atoms with Crippen molar-refractivity contribution >= 4 is 11.6 Å². The molecule has 1 N–H and O–H groups in total. The number of phenolic OH excluding ortho intramolecular Hbond substituents is 1. The summed E-state index contributed by atoms with van der Waals surface area (Å²) < 4.78 is 18.7. The molecule has 0 saturated heterocycles. The number of aromatic hydroxyl groups is 1. The fourth-order valence-electron chi connectivity index (χ4n) is 4.39. The molecule has 0 aromatic heterocycles. The van der Waals surface area contributed by atoms with Crippen LogP contribution in [0.4, 0.5) is 0 Å². The van der Waals surface area contributed by atoms with Gasteiger partial charge in [0.05, 0.1) is 16.7 Å². The van der Waals surface area contributed by atoms with Crippen molar-refractivity contribution < 1.29 is 28.9 Å². The Balaban J connectivity index is 1.72. The van der Waals surface area contributed by atoms with Gasteiger partial charge in [0.2, 0.25) is 5.79 Å². The van der Waals surface area contributed by atoms with Crippen LogP contribution in [-0.2, 0) is 16.3 Å². The second-order valence-electron chi connectivity index (χ2n) is 6.86. The normalized spacial score (nSPS) is 29.4. The van der Waals surface area contributed by atoms with E-state index in [-0.39, 0.29) is 29.3 Å². The Hall–Kier alpha value is -3.12. The van der Waals surface area contributed by atoms with Crippen molar-refractivity contribution in [2.24, 2.45) is 0 Å². The summed E-state index contributed by atoms with van der Waals surface area (Å²) in [6.07, 6.45) is 3.51. The molecule has 6 nitrogen and oxygen atoms in total. The van der Waals surface area contributed by atoms with Crippen molar-refractivity contribution in [3.63, 3.8) is 0 Å². The average Bonchev–Trinajstić information content (AvgIpc) is 2.63. The number of carbonyl (C=O) groups is 2. The van der Waals surface area contributed by atoms with E-state index in [1.807, 2.05) is 0 Å². The molecular weight excluding hydrogens is 336 g/mol. The smallest absolute Gasteiger partial charge is 0.265 e. The highest BCUT2D eigenvalue weighted by molar-refractivity contribution is 6.08. The van der Waals surface area contributed by atoms with Gasteiger partial charge in [0.15, 0.2) is 11.6 Å². The molecule has 0 radical (unpaired) electrons. The molecule has 2 aliphatic carbocycles. The summed E-state index contributed by atoms with van der Waals surface area (Å²) in [7, 11) is 0. The first-order valence-electron chi connectivity index (χ1n) is 8.38. The number of ether oxygens (including phenoxy) is 3. The highest BCUT2D eigenvalue weighted by Crippen LogP contribution is 2.60. The fraction of sp³-hybridized carbons (Fsp3) is 0.200. The summed E-state index contributed by atoms with van der Waals surface area (Å²) in [4.78, 5) is 24.7. The van der Waals surface area contributed by atoms with E-state index in [0.29, 0.717) is 34.6 Å². The van der Waals surface area contributed by atoms with Crippen LogP contribution in [0, 0.1) is 0 Å². The lowest BCUT2D eigenvalue weighted by Gasteiger charge is -2.53. The largest absolute Gasteiger partial charge is 0.507 e. The first-order valence-corrected chi connectivity index (χ1v) is 8.38. The summed E-state index contributed by atoms with van der Waals surface area (Å²) >= 11 is 0. The molecule has 2 bridgehead atoms. The third-order valence-corrected chi connectivity index (χ3v) is 5.43. The molecule has 2 heterocycles. The minimum Gasteiger partial charge on any atom is -0.507 e. The van der Waals surface area contributed by atoms with Crippen molar-refractivity contribution in [3.05, 3.63) is 64.7 Å². The zero-order valence-corrected chi connectivity index (χ0v) is 13.4. The van der Waals surface area contributed by atoms with Gasteiger partial charge in [-0.1, -0.05) is 12.1 Å². The molecule has 0 fully saturated rings. The van der Waals surface area contributed by atoms with Crippen LogP contribution >= 0.6 is 0 Å². The first-order chi connectivity index (χ1) is 12.5. The van der Waals surface area contributed by atoms with E-state index in [1.54, 1.807) is 30.3 Å². The Morgan fingerprint density at radius 3 is 2.73 bits per heavy atom. The minimum absolute atomic E-state index is 0.117. The maximum atomic E-state index is 12.4. The predicted octanol–water partition coefficient (Wildman–Crippen LogP) is 2.93. The monoisotopic (exact) mass is 348 g/mol. The van der Waals surface area contributed by atoms with Crippen LogP contribution in [0.15, 0.2) is 42.5 Å². The summed E-state index contributed by atoms with van der Waals surface area (Å²) in [5.41, 5.74) is 1.60. The van der Waals surface area contributed by atoms with E-state index in [2.05, 4.69) is 0 Å². The number of hydrogen-bond acceptors (Lipinski definition) is 6. The van der Waals surface area contributed by atoms with Gasteiger partial charge in [-0.05, 0) is 30.4 Å². The van der Waals surface area contributed by atoms with Crippen molar-refractivity contribution in [2.75, 3.05) is 0 Å². The number of Topliss-reactive ketones (excluding diaryl/α,β-unsaturated/α-hetero) is 1. The summed E-state index contributed by atoms with van der Waals surface area (Å²) in [5, 5.41) is 10.2. The summed E-state index contributed by atoms with van der Waals surface area (Å²) in [6, 6.07) is 8.26. The van der Waals surface area contributed by atoms with Crippen molar-refractivity contribution in [1.82, 2.24) is 0 Å². The van der Waals surface area contributed by atoms with E-state index >= 15 is 0 Å². The minimum atomic E-state index is -1.29. The van der Waals surface area contributed by atoms with Gasteiger partial charge in [0.25, 0.3) is 5.79 Å². The van der Waals surface area contributed by atoms with Gasteiger partial charge in [-0.25, -0.2) is 0 Å². The number of benzene rings is 2. The van der Waals surface area contributed by atoms with Crippen LogP contribution in [0.2, 0.25) is 0 Å². The summed E-state index contributed by atoms with van der Waals surface area (Å²) in [6.45, 7) is 0. The third kappa shape index (κ3) is 1.43. The number of rotatable bonds is 0. The first kappa shape index (κ1) is 14.1. The lowest BCUT2D eigenvalue weighted by molar-refractivity contribution is -0.341. The Morgan fingerprint density at radius 2 is 1.85 bits per heavy atom. The quantitative estimate of drug-likeness (QED) is 0.788. The molecule has 0 unspecified atom stereocenters. The van der Waals surface area contributed by atoms with E-state index < -0.39 is 11.6 Å². The van der Waals surface area contributed by atoms with Crippen LogP contribution in [0.1, 0.15) is 44.7 Å². The Kier molecular flexibility index (Phi) is 2.26. The molecule has 6 heteroatoms. The van der Waals surface area contributed by atoms with Gasteiger partial charge in [-0.2, -0.15) is 0 Å². The maximum absolute atomic E-state index is 12.4. The van der Waals surface area contributed by atoms with Gasteiger partial charge in [-0.15, -0.1) is 0 Å². The molecule has 2 aromatic rings. The number of carbonyl (C=O) groups excluding carboxylic acids is 2. The zero-order valence-electron chi connectivity index (χ0n) is 13.4. The van der Waals surface area contributed by atoms with Crippen LogP contribution in [0.3, 0.4) is 0 Å². The Labute approximate surface area is 147 Å². The van der Waals surface area contributed by atoms with Gasteiger partial charge in [0, 0.05) is 18.4 Å². The lowest BCUT2D eigenvalue weighted by Crippen LogP contribution is -2.57. The fourth-order valence-corrected chi connectivity index (χ4v) is 4.39. The number of ketones is 2. The molecule has 0 saturated carbocycles. The summed E-state index contributed by atoms with van der Waals surface area (Å²) in [5.74, 6) is -2.07. The van der Waals surface area contributed by atoms with Crippen molar-refractivity contribution in [2.45, 2.75) is 24.4 Å². The molecular formula is C20H12O6. The lowest BCUT2D eigenvalue weighted by atomic mass is 9.80. The maximum Gasteiger partial charge on any atom is 0.265 e. The predicted molar refractivity (Wildman–Crippen MR) is 87.3 cm³/mol. The molecule has 26 heavy (non-hydrogen) atoms. The molecule has 0 amide bonds. The SMILES string of the molecule is O=C1C=C[C@]23Oc4ccc(O)c5c4[C@](CCC5=O)(Oc4cccc1c42)O3. The van der Waals surface area contributed by atoms with Gasteiger partial charge in [-0.3, -0.25) is 14.3 Å². The Morgan fingerprint density at radius 1 is 1.00 bits per heavy atom. The topological polar surface area (TPSA) is 82.1 Å². The second-order valence-corrected chi connectivity index (χ2v) is 6.86. The van der Waals surface area contributed by atoms with Gasteiger partial charge in [0.1, 0.15) is 17.2 Å². The van der Waals surface area contributed by atoms with Crippen LogP contribution in [0.5, 0.6) is 17.2 Å². The highest BCUT2D eigenvalue weighted by atomic mass is 16.8. The molecule has 6 rings (SSSR count).